The van der Waals surface area contributed by atoms with E-state index in [9.17, 15) is 22.0 Å². The fourth-order valence-corrected chi connectivity index (χ4v) is 3.22. The Bertz CT molecular complexity index is 1050. The number of anilines is 1. The molecule has 1 aliphatic rings. The summed E-state index contributed by atoms with van der Waals surface area (Å²) in [6.07, 6.45) is -3.50. The van der Waals surface area contributed by atoms with Gasteiger partial charge >= 0.3 is 6.18 Å². The number of halogens is 5. The van der Waals surface area contributed by atoms with Gasteiger partial charge in [-0.1, -0.05) is 12.1 Å². The van der Waals surface area contributed by atoms with Gasteiger partial charge in [0.25, 0.3) is 0 Å². The molecule has 2 unspecified atom stereocenters. The second-order valence-electron chi connectivity index (χ2n) is 6.68. The van der Waals surface area contributed by atoms with Gasteiger partial charge in [-0.2, -0.15) is 13.2 Å². The molecule has 1 aliphatic heterocycles. The lowest BCUT2D eigenvalue weighted by atomic mass is 10.0. The maximum atomic E-state index is 13.6. The van der Waals surface area contributed by atoms with Crippen molar-refractivity contribution < 1.29 is 26.7 Å². The molecule has 156 valence electrons. The third-order valence-electron chi connectivity index (χ3n) is 4.61. The number of nitrogens with one attached hydrogen (secondary N) is 1. The quantitative estimate of drug-likeness (QED) is 0.614. The van der Waals surface area contributed by atoms with E-state index in [1.807, 2.05) is 0 Å². The largest absolute Gasteiger partial charge is 0.433 e. The third kappa shape index (κ3) is 4.23. The van der Waals surface area contributed by atoms with E-state index in [-0.39, 0.29) is 17.3 Å². The second-order valence-corrected chi connectivity index (χ2v) is 6.68. The topological polar surface area (TPSA) is 59.9 Å². The summed E-state index contributed by atoms with van der Waals surface area (Å²) >= 11 is 0. The fourth-order valence-electron chi connectivity index (χ4n) is 3.22. The summed E-state index contributed by atoms with van der Waals surface area (Å²) in [6, 6.07) is 8.41. The summed E-state index contributed by atoms with van der Waals surface area (Å²) in [5, 5.41) is 2.93. The number of hydrogen-bond donors (Lipinski definition) is 1. The standard InChI is InChI=1S/C20H15F5N4O/c21-12-5-4-11(9-13(12)22)18-14(6-8-30-18)27-17-10-16(20(23,24)25)28-19(29-17)15-3-1-2-7-26-15/h1-5,7,9-10,14,18H,6,8H2,(H,27,28,29). The summed E-state index contributed by atoms with van der Waals surface area (Å²) in [7, 11) is 0. The van der Waals surface area contributed by atoms with E-state index in [1.54, 1.807) is 12.1 Å². The molecule has 0 amide bonds. The highest BCUT2D eigenvalue weighted by molar-refractivity contribution is 5.53. The first-order valence-electron chi connectivity index (χ1n) is 9.02. The van der Waals surface area contributed by atoms with E-state index >= 15 is 0 Å². The monoisotopic (exact) mass is 422 g/mol. The van der Waals surface area contributed by atoms with E-state index in [0.717, 1.165) is 18.2 Å². The van der Waals surface area contributed by atoms with Crippen molar-refractivity contribution in [3.8, 4) is 11.5 Å². The van der Waals surface area contributed by atoms with Gasteiger partial charge in [0.2, 0.25) is 0 Å². The third-order valence-corrected chi connectivity index (χ3v) is 4.61. The Hall–Kier alpha value is -3.14. The van der Waals surface area contributed by atoms with Crippen molar-refractivity contribution in [3.05, 3.63) is 71.6 Å². The lowest BCUT2D eigenvalue weighted by Gasteiger charge is -2.21. The zero-order valence-corrected chi connectivity index (χ0v) is 15.3. The van der Waals surface area contributed by atoms with Crippen molar-refractivity contribution in [2.75, 3.05) is 11.9 Å². The van der Waals surface area contributed by atoms with Crippen molar-refractivity contribution >= 4 is 5.82 Å². The van der Waals surface area contributed by atoms with Gasteiger partial charge in [0.05, 0.1) is 6.04 Å². The molecule has 3 heterocycles. The minimum absolute atomic E-state index is 0.0685. The summed E-state index contributed by atoms with van der Waals surface area (Å²) in [6.45, 7) is 0.297. The van der Waals surface area contributed by atoms with Crippen molar-refractivity contribution in [2.24, 2.45) is 0 Å². The van der Waals surface area contributed by atoms with E-state index < -0.39 is 35.7 Å². The Kier molecular flexibility index (Phi) is 5.33. The number of pyridine rings is 1. The number of hydrogen-bond acceptors (Lipinski definition) is 5. The molecule has 1 N–H and O–H groups in total. The first-order valence-corrected chi connectivity index (χ1v) is 9.02. The van der Waals surface area contributed by atoms with E-state index in [1.165, 1.54) is 18.3 Å². The van der Waals surface area contributed by atoms with Crippen molar-refractivity contribution in [3.63, 3.8) is 0 Å². The van der Waals surface area contributed by atoms with Crippen LogP contribution in [0.2, 0.25) is 0 Å². The van der Waals surface area contributed by atoms with Crippen LogP contribution in [-0.4, -0.2) is 27.6 Å². The normalized spacial score (nSPS) is 19.1. The Morgan fingerprint density at radius 2 is 1.83 bits per heavy atom. The summed E-state index contributed by atoms with van der Waals surface area (Å²) < 4.78 is 72.5. The molecule has 2 atom stereocenters. The molecule has 2 aromatic heterocycles. The Morgan fingerprint density at radius 1 is 1.00 bits per heavy atom. The lowest BCUT2D eigenvalue weighted by Crippen LogP contribution is -2.24. The molecule has 1 aromatic carbocycles. The van der Waals surface area contributed by atoms with Crippen LogP contribution in [0.4, 0.5) is 27.8 Å². The van der Waals surface area contributed by atoms with E-state index in [2.05, 4.69) is 20.3 Å². The number of alkyl halides is 3. The number of rotatable bonds is 4. The van der Waals surface area contributed by atoms with Gasteiger partial charge in [0.15, 0.2) is 23.2 Å². The van der Waals surface area contributed by atoms with Crippen molar-refractivity contribution in [2.45, 2.75) is 24.7 Å². The van der Waals surface area contributed by atoms with Gasteiger partial charge in [-0.05, 0) is 36.2 Å². The average molecular weight is 422 g/mol. The first-order chi connectivity index (χ1) is 14.3. The molecule has 10 heteroatoms. The Morgan fingerprint density at radius 3 is 2.53 bits per heavy atom. The number of nitrogens with zero attached hydrogens (tertiary/aromatic N) is 3. The van der Waals surface area contributed by atoms with Crippen molar-refractivity contribution in [1.82, 2.24) is 15.0 Å². The number of aromatic nitrogens is 3. The van der Waals surface area contributed by atoms with Crippen LogP contribution in [0.1, 0.15) is 23.8 Å². The van der Waals surface area contributed by atoms with Gasteiger partial charge in [-0.3, -0.25) is 4.98 Å². The fraction of sp³-hybridized carbons (Fsp3) is 0.250. The molecular weight excluding hydrogens is 407 g/mol. The molecule has 5 nitrogen and oxygen atoms in total. The van der Waals surface area contributed by atoms with E-state index in [4.69, 9.17) is 4.74 Å². The zero-order chi connectivity index (χ0) is 21.3. The number of benzene rings is 1. The molecule has 1 fully saturated rings. The Balaban J connectivity index is 1.66. The smallest absolute Gasteiger partial charge is 0.371 e. The maximum Gasteiger partial charge on any atom is 0.433 e. The highest BCUT2D eigenvalue weighted by atomic mass is 19.4. The van der Waals surface area contributed by atoms with Crippen LogP contribution >= 0.6 is 0 Å². The molecule has 3 aromatic rings. The number of ether oxygens (including phenoxy) is 1. The van der Waals surface area contributed by atoms with E-state index in [0.29, 0.717) is 18.6 Å². The van der Waals surface area contributed by atoms with Gasteiger partial charge in [-0.15, -0.1) is 0 Å². The predicted molar refractivity (Wildman–Crippen MR) is 97.3 cm³/mol. The first kappa shape index (κ1) is 20.1. The molecule has 0 spiro atoms. The maximum absolute atomic E-state index is 13.6. The molecule has 30 heavy (non-hydrogen) atoms. The van der Waals surface area contributed by atoms with Crippen LogP contribution in [0.15, 0.2) is 48.7 Å². The molecule has 4 rings (SSSR count). The zero-order valence-electron chi connectivity index (χ0n) is 15.3. The van der Waals surface area contributed by atoms with Crippen LogP contribution < -0.4 is 5.32 Å². The SMILES string of the molecule is Fc1ccc(C2OCCC2Nc2cc(C(F)(F)F)nc(-c3ccccn3)n2)cc1F. The minimum atomic E-state index is -4.69. The molecule has 0 radical (unpaired) electrons. The highest BCUT2D eigenvalue weighted by Crippen LogP contribution is 2.34. The van der Waals surface area contributed by atoms with Crippen molar-refractivity contribution in [1.29, 1.82) is 0 Å². The molecule has 1 saturated heterocycles. The highest BCUT2D eigenvalue weighted by Gasteiger charge is 2.35. The van der Waals surface area contributed by atoms with Gasteiger partial charge in [0.1, 0.15) is 17.6 Å². The lowest BCUT2D eigenvalue weighted by molar-refractivity contribution is -0.141. The summed E-state index contributed by atoms with van der Waals surface area (Å²) in [4.78, 5) is 11.8. The Labute approximate surface area is 168 Å². The van der Waals surface area contributed by atoms with Crippen LogP contribution in [0.5, 0.6) is 0 Å². The molecular formula is C20H15F5N4O. The van der Waals surface area contributed by atoms with Gasteiger partial charge in [0, 0.05) is 18.9 Å². The van der Waals surface area contributed by atoms with Gasteiger partial charge < -0.3 is 10.1 Å². The molecule has 0 saturated carbocycles. The van der Waals surface area contributed by atoms with Crippen LogP contribution in [0.3, 0.4) is 0 Å². The predicted octanol–water partition coefficient (Wildman–Crippen LogP) is 4.78. The molecule has 0 aliphatic carbocycles. The summed E-state index contributed by atoms with van der Waals surface area (Å²) in [5.74, 6) is -2.27. The summed E-state index contributed by atoms with van der Waals surface area (Å²) in [5.41, 5.74) is -0.561. The minimum Gasteiger partial charge on any atom is -0.371 e. The van der Waals surface area contributed by atoms with Gasteiger partial charge in [-0.25, -0.2) is 18.7 Å². The van der Waals surface area contributed by atoms with Crippen LogP contribution in [0, 0.1) is 11.6 Å². The molecule has 0 bridgehead atoms. The van der Waals surface area contributed by atoms with Crippen LogP contribution in [0.25, 0.3) is 11.5 Å². The second kappa shape index (κ2) is 7.94. The average Bonchev–Trinajstić information content (AvgIpc) is 3.18. The van der Waals surface area contributed by atoms with Crippen LogP contribution in [-0.2, 0) is 10.9 Å².